The van der Waals surface area contributed by atoms with Gasteiger partial charge < -0.3 is 14.0 Å². The second-order valence-corrected chi connectivity index (χ2v) is 6.96. The molecule has 0 fully saturated rings. The van der Waals surface area contributed by atoms with E-state index >= 15 is 0 Å². The van der Waals surface area contributed by atoms with Crippen molar-refractivity contribution in [3.63, 3.8) is 0 Å². The molecule has 0 aliphatic rings. The molecule has 0 radical (unpaired) electrons. The van der Waals surface area contributed by atoms with Crippen molar-refractivity contribution in [2.24, 2.45) is 0 Å². The molecule has 0 amide bonds. The maximum absolute atomic E-state index is 14.6. The Balaban J connectivity index is 2.13. The Kier molecular flexibility index (Phi) is 6.44. The number of halogens is 1. The number of aryl methyl sites for hydroxylation is 1. The fourth-order valence-electron chi connectivity index (χ4n) is 3.43. The number of ether oxygens (including phenoxy) is 2. The predicted octanol–water partition coefficient (Wildman–Crippen LogP) is 4.12. The van der Waals surface area contributed by atoms with E-state index < -0.39 is 11.2 Å². The average molecular weight is 397 g/mol. The van der Waals surface area contributed by atoms with Crippen LogP contribution in [0.5, 0.6) is 5.75 Å². The molecule has 3 aromatic rings. The molecule has 2 aromatic carbocycles. The normalized spacial score (nSPS) is 11.0. The van der Waals surface area contributed by atoms with Crippen LogP contribution in [0.3, 0.4) is 0 Å². The maximum Gasteiger partial charge on any atom is 0.203 e. The summed E-state index contributed by atoms with van der Waals surface area (Å²) in [4.78, 5) is 25.6. The molecule has 5 nitrogen and oxygen atoms in total. The van der Waals surface area contributed by atoms with Crippen molar-refractivity contribution in [3.05, 3.63) is 75.3 Å². The second kappa shape index (κ2) is 9.01. The fourth-order valence-corrected chi connectivity index (χ4v) is 3.43. The third-order valence-corrected chi connectivity index (χ3v) is 4.94. The smallest absolute Gasteiger partial charge is 0.203 e. The number of carbonyl (C=O) groups excluding carboxylic acids is 1. The number of hydrogen-bond donors (Lipinski definition) is 0. The molecule has 1 heterocycles. The van der Waals surface area contributed by atoms with Crippen molar-refractivity contribution in [1.29, 1.82) is 0 Å². The molecular formula is C23H24FNO4. The summed E-state index contributed by atoms with van der Waals surface area (Å²) in [6.07, 6.45) is 2.22. The number of Topliss-reactive ketones (excluding diaryl/α,β-unsaturated/α-hetero) is 1. The number of benzene rings is 2. The standard InChI is InChI=1S/C23H24FNO4/c1-15-6-11-19(24)21-22(15)25(13-16-7-9-17(29-3)10-8-16)14-18(23(21)27)20(26)5-4-12-28-2/h6-11,14H,4-5,12-13H2,1-3H3. The first-order chi connectivity index (χ1) is 14.0. The summed E-state index contributed by atoms with van der Waals surface area (Å²) in [6.45, 7) is 2.64. The van der Waals surface area contributed by atoms with Gasteiger partial charge in [0.2, 0.25) is 5.43 Å². The fraction of sp³-hybridized carbons (Fsp3) is 0.304. The van der Waals surface area contributed by atoms with Crippen LogP contribution in [0.1, 0.15) is 34.3 Å². The zero-order valence-corrected chi connectivity index (χ0v) is 16.8. The number of aromatic nitrogens is 1. The number of pyridine rings is 1. The van der Waals surface area contributed by atoms with Gasteiger partial charge in [-0.3, -0.25) is 9.59 Å². The van der Waals surface area contributed by atoms with Crippen molar-refractivity contribution in [2.45, 2.75) is 26.3 Å². The monoisotopic (exact) mass is 397 g/mol. The number of methoxy groups -OCH3 is 2. The lowest BCUT2D eigenvalue weighted by Crippen LogP contribution is -2.21. The molecule has 29 heavy (non-hydrogen) atoms. The van der Waals surface area contributed by atoms with E-state index in [0.717, 1.165) is 16.9 Å². The van der Waals surface area contributed by atoms with Crippen molar-refractivity contribution in [2.75, 3.05) is 20.8 Å². The van der Waals surface area contributed by atoms with Gasteiger partial charge >= 0.3 is 0 Å². The predicted molar refractivity (Wildman–Crippen MR) is 110 cm³/mol. The van der Waals surface area contributed by atoms with Gasteiger partial charge in [-0.15, -0.1) is 0 Å². The highest BCUT2D eigenvalue weighted by Gasteiger charge is 2.19. The Hall–Kier alpha value is -2.99. The first-order valence-corrected chi connectivity index (χ1v) is 9.43. The Morgan fingerprint density at radius 1 is 1.10 bits per heavy atom. The van der Waals surface area contributed by atoms with Gasteiger partial charge in [0.1, 0.15) is 11.6 Å². The third-order valence-electron chi connectivity index (χ3n) is 4.94. The lowest BCUT2D eigenvalue weighted by atomic mass is 10.0. The van der Waals surface area contributed by atoms with Crippen LogP contribution in [0.4, 0.5) is 4.39 Å². The van der Waals surface area contributed by atoms with Crippen molar-refractivity contribution in [1.82, 2.24) is 4.57 Å². The molecule has 0 unspecified atom stereocenters. The summed E-state index contributed by atoms with van der Waals surface area (Å²) in [5.74, 6) is -0.196. The summed E-state index contributed by atoms with van der Waals surface area (Å²) in [7, 11) is 3.15. The first kappa shape index (κ1) is 20.7. The minimum atomic E-state index is -0.620. The number of fused-ring (bicyclic) bond motifs is 1. The van der Waals surface area contributed by atoms with E-state index in [4.69, 9.17) is 9.47 Å². The van der Waals surface area contributed by atoms with Gasteiger partial charge in [-0.2, -0.15) is 0 Å². The van der Waals surface area contributed by atoms with E-state index in [0.29, 0.717) is 25.1 Å². The number of nitrogens with zero attached hydrogens (tertiary/aromatic N) is 1. The van der Waals surface area contributed by atoms with Crippen LogP contribution in [-0.2, 0) is 11.3 Å². The van der Waals surface area contributed by atoms with Gasteiger partial charge in [0, 0.05) is 32.9 Å². The number of hydrogen-bond acceptors (Lipinski definition) is 4. The highest BCUT2D eigenvalue weighted by atomic mass is 19.1. The lowest BCUT2D eigenvalue weighted by Gasteiger charge is -2.16. The van der Waals surface area contributed by atoms with E-state index in [1.807, 2.05) is 31.2 Å². The Morgan fingerprint density at radius 2 is 1.83 bits per heavy atom. The van der Waals surface area contributed by atoms with Gasteiger partial charge in [0.25, 0.3) is 0 Å². The van der Waals surface area contributed by atoms with Gasteiger partial charge in [0.15, 0.2) is 5.78 Å². The molecule has 6 heteroatoms. The molecule has 0 spiro atoms. The molecule has 0 aliphatic heterocycles. The van der Waals surface area contributed by atoms with Crippen LogP contribution < -0.4 is 10.2 Å². The van der Waals surface area contributed by atoms with Gasteiger partial charge in [-0.1, -0.05) is 18.2 Å². The molecule has 0 bridgehead atoms. The minimum absolute atomic E-state index is 0.00612. The topological polar surface area (TPSA) is 57.5 Å². The Labute approximate surface area is 168 Å². The zero-order chi connectivity index (χ0) is 21.0. The van der Waals surface area contributed by atoms with Gasteiger partial charge in [-0.25, -0.2) is 4.39 Å². The molecule has 0 N–H and O–H groups in total. The van der Waals surface area contributed by atoms with Crippen molar-refractivity contribution in [3.8, 4) is 5.75 Å². The van der Waals surface area contributed by atoms with Crippen LogP contribution >= 0.6 is 0 Å². The van der Waals surface area contributed by atoms with Crippen molar-refractivity contribution >= 4 is 16.7 Å². The third kappa shape index (κ3) is 4.38. The van der Waals surface area contributed by atoms with Crippen LogP contribution in [0.2, 0.25) is 0 Å². The van der Waals surface area contributed by atoms with Crippen molar-refractivity contribution < 1.29 is 18.7 Å². The van der Waals surface area contributed by atoms with Crippen LogP contribution in [-0.4, -0.2) is 31.2 Å². The van der Waals surface area contributed by atoms with Crippen LogP contribution in [0, 0.1) is 12.7 Å². The minimum Gasteiger partial charge on any atom is -0.497 e. The summed E-state index contributed by atoms with van der Waals surface area (Å²) in [5, 5.41) is -0.0453. The molecule has 0 aliphatic carbocycles. The lowest BCUT2D eigenvalue weighted by molar-refractivity contribution is 0.0962. The van der Waals surface area contributed by atoms with Gasteiger partial charge in [-0.05, 0) is 42.7 Å². The molecular weight excluding hydrogens is 373 g/mol. The van der Waals surface area contributed by atoms with E-state index in [-0.39, 0.29) is 23.2 Å². The highest BCUT2D eigenvalue weighted by molar-refractivity contribution is 5.99. The van der Waals surface area contributed by atoms with Crippen LogP contribution in [0.25, 0.3) is 10.9 Å². The SMILES string of the molecule is COCCCC(=O)c1cn(Cc2ccc(OC)cc2)c2c(C)ccc(F)c2c1=O. The first-order valence-electron chi connectivity index (χ1n) is 9.43. The highest BCUT2D eigenvalue weighted by Crippen LogP contribution is 2.22. The largest absolute Gasteiger partial charge is 0.497 e. The summed E-state index contributed by atoms with van der Waals surface area (Å²) < 4.78 is 26.6. The van der Waals surface area contributed by atoms with E-state index in [2.05, 4.69) is 0 Å². The van der Waals surface area contributed by atoms with E-state index in [9.17, 15) is 14.0 Å². The Bertz CT molecular complexity index is 1090. The van der Waals surface area contributed by atoms with E-state index in [1.165, 1.54) is 6.07 Å². The molecule has 3 rings (SSSR count). The summed E-state index contributed by atoms with van der Waals surface area (Å²) >= 11 is 0. The zero-order valence-electron chi connectivity index (χ0n) is 16.8. The van der Waals surface area contributed by atoms with E-state index in [1.54, 1.807) is 31.0 Å². The summed E-state index contributed by atoms with van der Waals surface area (Å²) in [6, 6.07) is 10.4. The van der Waals surface area contributed by atoms with Gasteiger partial charge in [0.05, 0.1) is 23.6 Å². The number of carbonyl (C=O) groups is 1. The quantitative estimate of drug-likeness (QED) is 0.424. The Morgan fingerprint density at radius 3 is 2.48 bits per heavy atom. The molecule has 0 saturated heterocycles. The molecule has 0 atom stereocenters. The summed E-state index contributed by atoms with van der Waals surface area (Å²) in [5.41, 5.74) is 1.66. The maximum atomic E-state index is 14.6. The number of ketones is 1. The molecule has 0 saturated carbocycles. The number of rotatable bonds is 8. The average Bonchev–Trinajstić information content (AvgIpc) is 2.72. The second-order valence-electron chi connectivity index (χ2n) is 6.96. The molecule has 152 valence electrons. The molecule has 1 aromatic heterocycles. The van der Waals surface area contributed by atoms with Crippen LogP contribution in [0.15, 0.2) is 47.4 Å².